The van der Waals surface area contributed by atoms with Crippen molar-refractivity contribution in [3.05, 3.63) is 48.2 Å². The van der Waals surface area contributed by atoms with Crippen molar-refractivity contribution in [3.63, 3.8) is 0 Å². The van der Waals surface area contributed by atoms with Crippen LogP contribution >= 0.6 is 0 Å². The van der Waals surface area contributed by atoms with E-state index in [-0.39, 0.29) is 12.2 Å². The molecule has 1 aromatic heterocycles. The summed E-state index contributed by atoms with van der Waals surface area (Å²) in [7, 11) is 1.63. The highest BCUT2D eigenvalue weighted by Crippen LogP contribution is 2.19. The summed E-state index contributed by atoms with van der Waals surface area (Å²) in [5, 5.41) is 3.06. The van der Waals surface area contributed by atoms with Crippen LogP contribution in [0.1, 0.15) is 19.4 Å². The van der Waals surface area contributed by atoms with Crippen molar-refractivity contribution in [1.82, 2.24) is 4.98 Å². The summed E-state index contributed by atoms with van der Waals surface area (Å²) in [6, 6.07) is 11.6. The third-order valence-corrected chi connectivity index (χ3v) is 4.33. The molecule has 0 radical (unpaired) electrons. The summed E-state index contributed by atoms with van der Waals surface area (Å²) in [5.74, 6) is 2.08. The van der Waals surface area contributed by atoms with Gasteiger partial charge in [-0.1, -0.05) is 12.1 Å². The van der Waals surface area contributed by atoms with Gasteiger partial charge in [0.2, 0.25) is 0 Å². The Morgan fingerprint density at radius 1 is 1.30 bits per heavy atom. The molecule has 0 spiro atoms. The van der Waals surface area contributed by atoms with Crippen molar-refractivity contribution in [2.24, 2.45) is 10.7 Å². The highest BCUT2D eigenvalue weighted by molar-refractivity contribution is 5.92. The summed E-state index contributed by atoms with van der Waals surface area (Å²) in [6.07, 6.45) is 2.27. The molecule has 2 atom stereocenters. The van der Waals surface area contributed by atoms with Crippen molar-refractivity contribution in [1.29, 1.82) is 0 Å². The smallest absolute Gasteiger partial charge is 0.193 e. The summed E-state index contributed by atoms with van der Waals surface area (Å²) in [6.45, 7) is 6.35. The van der Waals surface area contributed by atoms with Crippen molar-refractivity contribution in [2.75, 3.05) is 30.4 Å². The highest BCUT2D eigenvalue weighted by atomic mass is 16.5. The van der Waals surface area contributed by atoms with Gasteiger partial charge in [-0.15, -0.1) is 0 Å². The molecule has 0 bridgehead atoms. The van der Waals surface area contributed by atoms with E-state index in [9.17, 15) is 0 Å². The number of anilines is 2. The molecule has 2 unspecified atom stereocenters. The average molecular weight is 369 g/mol. The summed E-state index contributed by atoms with van der Waals surface area (Å²) >= 11 is 0. The van der Waals surface area contributed by atoms with Gasteiger partial charge in [0.15, 0.2) is 5.96 Å². The minimum atomic E-state index is 0.210. The van der Waals surface area contributed by atoms with Gasteiger partial charge in [-0.3, -0.25) is 0 Å². The van der Waals surface area contributed by atoms with Gasteiger partial charge >= 0.3 is 0 Å². The molecule has 0 amide bonds. The third-order valence-electron chi connectivity index (χ3n) is 4.33. The number of nitrogens with one attached hydrogen (secondary N) is 1. The number of guanidine groups is 1. The molecule has 3 N–H and O–H groups in total. The Labute approximate surface area is 160 Å². The zero-order valence-corrected chi connectivity index (χ0v) is 16.1. The molecule has 7 nitrogen and oxygen atoms in total. The number of nitrogens with two attached hydrogens (primary N) is 1. The van der Waals surface area contributed by atoms with Crippen LogP contribution in [-0.4, -0.2) is 43.4 Å². The van der Waals surface area contributed by atoms with Crippen molar-refractivity contribution in [3.8, 4) is 5.75 Å². The van der Waals surface area contributed by atoms with Crippen molar-refractivity contribution >= 4 is 17.5 Å². The monoisotopic (exact) mass is 369 g/mol. The predicted molar refractivity (Wildman–Crippen MR) is 108 cm³/mol. The third kappa shape index (κ3) is 5.34. The number of rotatable bonds is 5. The first-order valence-corrected chi connectivity index (χ1v) is 9.10. The first-order chi connectivity index (χ1) is 13.0. The molecule has 1 aliphatic rings. The predicted octanol–water partition coefficient (Wildman–Crippen LogP) is 2.63. The van der Waals surface area contributed by atoms with Gasteiger partial charge in [-0.2, -0.15) is 0 Å². The molecule has 3 rings (SSSR count). The second-order valence-electron chi connectivity index (χ2n) is 6.75. The van der Waals surface area contributed by atoms with Crippen LogP contribution in [0.4, 0.5) is 11.5 Å². The Balaban J connectivity index is 1.58. The molecule has 1 fully saturated rings. The maximum absolute atomic E-state index is 5.98. The Bertz CT molecular complexity index is 768. The summed E-state index contributed by atoms with van der Waals surface area (Å²) < 4.78 is 11.0. The van der Waals surface area contributed by atoms with Crippen LogP contribution in [0.15, 0.2) is 47.6 Å². The van der Waals surface area contributed by atoms with Crippen LogP contribution in [0.3, 0.4) is 0 Å². The lowest BCUT2D eigenvalue weighted by Gasteiger charge is -2.36. The van der Waals surface area contributed by atoms with E-state index in [2.05, 4.69) is 34.0 Å². The topological polar surface area (TPSA) is 85.0 Å². The van der Waals surface area contributed by atoms with E-state index >= 15 is 0 Å². The van der Waals surface area contributed by atoms with Gasteiger partial charge in [0.05, 0.1) is 25.9 Å². The van der Waals surface area contributed by atoms with Crippen LogP contribution in [-0.2, 0) is 11.3 Å². The van der Waals surface area contributed by atoms with Gasteiger partial charge in [-0.25, -0.2) is 9.98 Å². The average Bonchev–Trinajstić information content (AvgIpc) is 2.66. The van der Waals surface area contributed by atoms with Crippen LogP contribution < -0.4 is 20.7 Å². The van der Waals surface area contributed by atoms with Crippen LogP contribution in [0.2, 0.25) is 0 Å². The Morgan fingerprint density at radius 3 is 2.74 bits per heavy atom. The first-order valence-electron chi connectivity index (χ1n) is 9.10. The van der Waals surface area contributed by atoms with E-state index in [0.29, 0.717) is 12.5 Å². The number of nitrogens with zero attached hydrogens (tertiary/aromatic N) is 3. The number of hydrogen-bond acceptors (Lipinski definition) is 5. The molecule has 2 aromatic rings. The number of aliphatic imine (C=N–C) groups is 1. The second kappa shape index (κ2) is 8.73. The Hall–Kier alpha value is -2.80. The van der Waals surface area contributed by atoms with Gasteiger partial charge in [0, 0.05) is 31.0 Å². The summed E-state index contributed by atoms with van der Waals surface area (Å²) in [4.78, 5) is 11.2. The molecule has 0 saturated carbocycles. The molecule has 27 heavy (non-hydrogen) atoms. The normalized spacial score (nSPS) is 20.4. The lowest BCUT2D eigenvalue weighted by Crippen LogP contribution is -2.45. The maximum Gasteiger partial charge on any atom is 0.193 e. The van der Waals surface area contributed by atoms with Gasteiger partial charge < -0.3 is 25.4 Å². The van der Waals surface area contributed by atoms with E-state index in [1.807, 2.05) is 42.6 Å². The van der Waals surface area contributed by atoms with Crippen molar-refractivity contribution < 1.29 is 9.47 Å². The number of ether oxygens (including phenoxy) is 2. The number of morpholine rings is 1. The molecule has 7 heteroatoms. The molecular formula is C20H27N5O2. The second-order valence-corrected chi connectivity index (χ2v) is 6.75. The molecule has 144 valence electrons. The molecule has 0 aliphatic carbocycles. The van der Waals surface area contributed by atoms with Crippen molar-refractivity contribution in [2.45, 2.75) is 32.6 Å². The van der Waals surface area contributed by atoms with E-state index < -0.39 is 0 Å². The van der Waals surface area contributed by atoms with E-state index in [0.717, 1.165) is 35.9 Å². The lowest BCUT2D eigenvalue weighted by atomic mass is 10.2. The number of benzene rings is 1. The van der Waals surface area contributed by atoms with E-state index in [1.165, 1.54) is 0 Å². The quantitative estimate of drug-likeness (QED) is 0.623. The zero-order valence-electron chi connectivity index (χ0n) is 16.1. The number of hydrogen-bond donors (Lipinski definition) is 2. The molecule has 1 saturated heterocycles. The highest BCUT2D eigenvalue weighted by Gasteiger charge is 2.22. The minimum absolute atomic E-state index is 0.210. The fraction of sp³-hybridized carbons (Fsp3) is 0.400. The lowest BCUT2D eigenvalue weighted by molar-refractivity contribution is -0.00545. The fourth-order valence-electron chi connectivity index (χ4n) is 3.13. The standard InChI is InChI=1S/C20H27N5O2/c1-14-12-25(13-15(2)27-14)19-8-7-16(10-22-19)11-23-20(21)24-17-5-4-6-18(9-17)26-3/h4-10,14-15H,11-13H2,1-3H3,(H3,21,23,24). The number of methoxy groups -OCH3 is 1. The summed E-state index contributed by atoms with van der Waals surface area (Å²) in [5.41, 5.74) is 7.81. The number of pyridine rings is 1. The van der Waals surface area contributed by atoms with Gasteiger partial charge in [-0.05, 0) is 37.6 Å². The molecular weight excluding hydrogens is 342 g/mol. The zero-order chi connectivity index (χ0) is 19.2. The van der Waals surface area contributed by atoms with Crippen LogP contribution in [0, 0.1) is 0 Å². The Morgan fingerprint density at radius 2 is 2.07 bits per heavy atom. The van der Waals surface area contributed by atoms with Crippen LogP contribution in [0.5, 0.6) is 5.75 Å². The maximum atomic E-state index is 5.98. The molecule has 1 aromatic carbocycles. The molecule has 1 aliphatic heterocycles. The largest absolute Gasteiger partial charge is 0.497 e. The first kappa shape index (κ1) is 19.0. The van der Waals surface area contributed by atoms with Crippen LogP contribution in [0.25, 0.3) is 0 Å². The van der Waals surface area contributed by atoms with E-state index in [4.69, 9.17) is 15.2 Å². The minimum Gasteiger partial charge on any atom is -0.497 e. The van der Waals surface area contributed by atoms with Gasteiger partial charge in [0.1, 0.15) is 11.6 Å². The van der Waals surface area contributed by atoms with Gasteiger partial charge in [0.25, 0.3) is 0 Å². The fourth-order valence-corrected chi connectivity index (χ4v) is 3.13. The molecule has 2 heterocycles. The Kier molecular flexibility index (Phi) is 6.13. The SMILES string of the molecule is COc1cccc(NC(N)=NCc2ccc(N3CC(C)OC(C)C3)nc2)c1. The van der Waals surface area contributed by atoms with E-state index in [1.54, 1.807) is 7.11 Å². The number of aromatic nitrogens is 1.